The van der Waals surface area contributed by atoms with Crippen molar-refractivity contribution in [3.63, 3.8) is 0 Å². The van der Waals surface area contributed by atoms with E-state index in [2.05, 4.69) is 15.3 Å². The Morgan fingerprint density at radius 3 is 2.82 bits per heavy atom. The molecular weight excluding hydrogens is 223 g/mol. The maximum absolute atomic E-state index is 13.3. The summed E-state index contributed by atoms with van der Waals surface area (Å²) in [4.78, 5) is 7.37. The third-order valence-corrected chi connectivity index (χ3v) is 3.14. The van der Waals surface area contributed by atoms with Gasteiger partial charge in [-0.1, -0.05) is 0 Å². The van der Waals surface area contributed by atoms with Gasteiger partial charge in [0, 0.05) is 6.54 Å². The second-order valence-electron chi connectivity index (χ2n) is 4.48. The molecule has 0 unspecified atom stereocenters. The van der Waals surface area contributed by atoms with Gasteiger partial charge in [-0.15, -0.1) is 0 Å². The molecule has 5 nitrogen and oxygen atoms in total. The molecule has 0 aromatic carbocycles. The second-order valence-corrected chi connectivity index (χ2v) is 4.48. The Labute approximate surface area is 99.3 Å². The van der Waals surface area contributed by atoms with Crippen molar-refractivity contribution in [2.24, 2.45) is 5.92 Å². The van der Waals surface area contributed by atoms with E-state index in [0.29, 0.717) is 12.5 Å². The summed E-state index contributed by atoms with van der Waals surface area (Å²) < 4.78 is 13.3. The predicted molar refractivity (Wildman–Crippen MR) is 62.9 cm³/mol. The Morgan fingerprint density at radius 1 is 1.41 bits per heavy atom. The van der Waals surface area contributed by atoms with E-state index >= 15 is 0 Å². The summed E-state index contributed by atoms with van der Waals surface area (Å²) in [5, 5.41) is 12.3. The summed E-state index contributed by atoms with van der Waals surface area (Å²) >= 11 is 0. The van der Waals surface area contributed by atoms with E-state index in [1.165, 1.54) is 0 Å². The van der Waals surface area contributed by atoms with E-state index < -0.39 is 5.82 Å². The Hall–Kier alpha value is -1.43. The van der Waals surface area contributed by atoms with Gasteiger partial charge >= 0.3 is 0 Å². The molecule has 0 atom stereocenters. The Bertz CT molecular complexity index is 380. The average molecular weight is 240 g/mol. The van der Waals surface area contributed by atoms with Crippen LogP contribution in [0.15, 0.2) is 6.20 Å². The van der Waals surface area contributed by atoms with Crippen LogP contribution in [0.1, 0.15) is 25.7 Å². The standard InChI is InChI=1S/C11H17FN4O/c12-9-6-15-11(13)16-10(9)14-5-7-1-3-8(17)4-2-7/h6-8,17H,1-5H2,(H3,13,14,15,16). The van der Waals surface area contributed by atoms with Crippen molar-refractivity contribution in [1.29, 1.82) is 0 Å². The smallest absolute Gasteiger partial charge is 0.222 e. The number of hydrogen-bond donors (Lipinski definition) is 3. The molecule has 0 amide bonds. The summed E-state index contributed by atoms with van der Waals surface area (Å²) in [6.07, 6.45) is 4.45. The third-order valence-electron chi connectivity index (χ3n) is 3.14. The Morgan fingerprint density at radius 2 is 2.12 bits per heavy atom. The van der Waals surface area contributed by atoms with E-state index in [9.17, 15) is 9.50 Å². The molecule has 17 heavy (non-hydrogen) atoms. The fourth-order valence-corrected chi connectivity index (χ4v) is 2.09. The SMILES string of the molecule is Nc1ncc(F)c(NCC2CCC(O)CC2)n1. The Balaban J connectivity index is 1.87. The Kier molecular flexibility index (Phi) is 3.73. The van der Waals surface area contributed by atoms with Crippen LogP contribution in [0.2, 0.25) is 0 Å². The molecule has 94 valence electrons. The topological polar surface area (TPSA) is 84.1 Å². The van der Waals surface area contributed by atoms with Crippen LogP contribution in [0.4, 0.5) is 16.2 Å². The lowest BCUT2D eigenvalue weighted by molar-refractivity contribution is 0.111. The highest BCUT2D eigenvalue weighted by atomic mass is 19.1. The molecule has 0 saturated heterocycles. The number of nitrogens with zero attached hydrogens (tertiary/aromatic N) is 2. The van der Waals surface area contributed by atoms with Crippen LogP contribution in [0.25, 0.3) is 0 Å². The number of aliphatic hydroxyl groups is 1. The van der Waals surface area contributed by atoms with Gasteiger partial charge in [0.25, 0.3) is 0 Å². The van der Waals surface area contributed by atoms with Crippen molar-refractivity contribution < 1.29 is 9.50 Å². The summed E-state index contributed by atoms with van der Waals surface area (Å²) in [6, 6.07) is 0. The second kappa shape index (κ2) is 5.27. The molecule has 1 aromatic heterocycles. The first-order valence-electron chi connectivity index (χ1n) is 5.85. The molecule has 1 aliphatic rings. The summed E-state index contributed by atoms with van der Waals surface area (Å²) in [6.45, 7) is 0.653. The molecule has 1 heterocycles. The monoisotopic (exact) mass is 240 g/mol. The predicted octanol–water partition coefficient (Wildman–Crippen LogP) is 1.16. The van der Waals surface area contributed by atoms with E-state index in [1.54, 1.807) is 0 Å². The molecule has 1 aromatic rings. The van der Waals surface area contributed by atoms with Crippen LogP contribution in [-0.2, 0) is 0 Å². The molecule has 4 N–H and O–H groups in total. The van der Waals surface area contributed by atoms with E-state index in [0.717, 1.165) is 31.9 Å². The van der Waals surface area contributed by atoms with Crippen LogP contribution < -0.4 is 11.1 Å². The number of nitrogens with two attached hydrogens (primary N) is 1. The number of aliphatic hydroxyl groups excluding tert-OH is 1. The minimum atomic E-state index is -0.491. The first-order chi connectivity index (χ1) is 8.15. The average Bonchev–Trinajstić information content (AvgIpc) is 2.32. The van der Waals surface area contributed by atoms with E-state index in [1.807, 2.05) is 0 Å². The maximum Gasteiger partial charge on any atom is 0.222 e. The third kappa shape index (κ3) is 3.26. The van der Waals surface area contributed by atoms with Gasteiger partial charge in [0.1, 0.15) is 0 Å². The molecule has 0 radical (unpaired) electrons. The summed E-state index contributed by atoms with van der Waals surface area (Å²) in [5.41, 5.74) is 5.39. The highest BCUT2D eigenvalue weighted by Crippen LogP contribution is 2.24. The minimum absolute atomic E-state index is 0.0629. The van der Waals surface area contributed by atoms with Crippen molar-refractivity contribution in [3.05, 3.63) is 12.0 Å². The van der Waals surface area contributed by atoms with Crippen molar-refractivity contribution in [1.82, 2.24) is 9.97 Å². The fraction of sp³-hybridized carbons (Fsp3) is 0.636. The van der Waals surface area contributed by atoms with Gasteiger partial charge in [-0.3, -0.25) is 0 Å². The zero-order chi connectivity index (χ0) is 12.3. The lowest BCUT2D eigenvalue weighted by Gasteiger charge is -2.25. The van der Waals surface area contributed by atoms with Crippen LogP contribution in [0.3, 0.4) is 0 Å². The van der Waals surface area contributed by atoms with Gasteiger partial charge in [-0.25, -0.2) is 9.37 Å². The number of nitrogens with one attached hydrogen (secondary N) is 1. The normalized spacial score (nSPS) is 24.6. The lowest BCUT2D eigenvalue weighted by Crippen LogP contribution is -2.24. The van der Waals surface area contributed by atoms with Gasteiger partial charge in [-0.05, 0) is 31.6 Å². The molecule has 0 aliphatic heterocycles. The summed E-state index contributed by atoms with van der Waals surface area (Å²) in [7, 11) is 0. The van der Waals surface area contributed by atoms with Crippen LogP contribution in [0.5, 0.6) is 0 Å². The van der Waals surface area contributed by atoms with Gasteiger partial charge in [0.2, 0.25) is 5.95 Å². The zero-order valence-electron chi connectivity index (χ0n) is 9.56. The molecule has 0 spiro atoms. The largest absolute Gasteiger partial charge is 0.393 e. The summed E-state index contributed by atoms with van der Waals surface area (Å²) in [5.74, 6) is 0.181. The van der Waals surface area contributed by atoms with Crippen molar-refractivity contribution in [3.8, 4) is 0 Å². The zero-order valence-corrected chi connectivity index (χ0v) is 9.56. The maximum atomic E-state index is 13.3. The van der Waals surface area contributed by atoms with E-state index in [-0.39, 0.29) is 17.9 Å². The first-order valence-corrected chi connectivity index (χ1v) is 5.85. The molecule has 2 rings (SSSR count). The van der Waals surface area contributed by atoms with Gasteiger partial charge < -0.3 is 16.2 Å². The van der Waals surface area contributed by atoms with Crippen LogP contribution in [-0.4, -0.2) is 27.7 Å². The van der Waals surface area contributed by atoms with Crippen molar-refractivity contribution >= 4 is 11.8 Å². The van der Waals surface area contributed by atoms with E-state index in [4.69, 9.17) is 5.73 Å². The van der Waals surface area contributed by atoms with Crippen molar-refractivity contribution in [2.45, 2.75) is 31.8 Å². The molecular formula is C11H17FN4O. The first kappa shape index (κ1) is 12.0. The van der Waals surface area contributed by atoms with Crippen LogP contribution in [0, 0.1) is 11.7 Å². The number of aromatic nitrogens is 2. The van der Waals surface area contributed by atoms with Crippen LogP contribution >= 0.6 is 0 Å². The quantitative estimate of drug-likeness (QED) is 0.738. The number of nitrogen functional groups attached to an aromatic ring is 1. The fourth-order valence-electron chi connectivity index (χ4n) is 2.09. The van der Waals surface area contributed by atoms with Gasteiger partial charge in [-0.2, -0.15) is 4.98 Å². The highest BCUT2D eigenvalue weighted by Gasteiger charge is 2.19. The van der Waals surface area contributed by atoms with Crippen molar-refractivity contribution in [2.75, 3.05) is 17.6 Å². The number of halogens is 1. The number of hydrogen-bond acceptors (Lipinski definition) is 5. The van der Waals surface area contributed by atoms with Gasteiger partial charge in [0.05, 0.1) is 12.3 Å². The molecule has 1 aliphatic carbocycles. The molecule has 6 heteroatoms. The van der Waals surface area contributed by atoms with Gasteiger partial charge in [0.15, 0.2) is 11.6 Å². The lowest BCUT2D eigenvalue weighted by atomic mass is 9.87. The highest BCUT2D eigenvalue weighted by molar-refractivity contribution is 5.39. The molecule has 0 bridgehead atoms. The number of anilines is 2. The molecule has 1 fully saturated rings. The number of rotatable bonds is 3. The minimum Gasteiger partial charge on any atom is -0.393 e. The molecule has 1 saturated carbocycles.